The van der Waals surface area contributed by atoms with Gasteiger partial charge in [0.2, 0.25) is 0 Å². The van der Waals surface area contributed by atoms with Gasteiger partial charge in [-0.3, -0.25) is 0 Å². The fraction of sp³-hybridized carbons (Fsp3) is 0.350. The van der Waals surface area contributed by atoms with Gasteiger partial charge in [0, 0.05) is 0 Å². The molecule has 7 atom stereocenters. The van der Waals surface area contributed by atoms with Gasteiger partial charge in [-0.2, -0.15) is 0 Å². The lowest BCUT2D eigenvalue weighted by molar-refractivity contribution is -0.329. The van der Waals surface area contributed by atoms with Gasteiger partial charge in [0.15, 0.2) is 6.29 Å². The molecule has 374 valence electrons. The summed E-state index contributed by atoms with van der Waals surface area (Å²) in [6.45, 7) is 17.6. The number of carbonyl (C=O) groups is 1. The monoisotopic (exact) mass is 977 g/mol. The fourth-order valence-electron chi connectivity index (χ4n) is 8.95. The number of hydrogen-bond acceptors (Lipinski definition) is 9. The van der Waals surface area contributed by atoms with Crippen LogP contribution in [0.3, 0.4) is 0 Å². The first-order valence-corrected chi connectivity index (χ1v) is 26.5. The average molecular weight is 978 g/mol. The molecule has 0 aromatic heterocycles. The number of carbonyl (C=O) groups excluding carboxylic acids is 1. The van der Waals surface area contributed by atoms with E-state index in [0.29, 0.717) is 6.61 Å². The molecule has 10 nitrogen and oxygen atoms in total. The summed E-state index contributed by atoms with van der Waals surface area (Å²) in [4.78, 5) is 14.0. The van der Waals surface area contributed by atoms with E-state index in [0.717, 1.165) is 32.6 Å². The van der Waals surface area contributed by atoms with Gasteiger partial charge in [0.05, 0.1) is 51.8 Å². The third-order valence-corrected chi connectivity index (χ3v) is 17.4. The number of ether oxygens (including phenoxy) is 7. The van der Waals surface area contributed by atoms with Gasteiger partial charge < -0.3 is 42.9 Å². The van der Waals surface area contributed by atoms with Crippen LogP contribution < -0.4 is 15.7 Å². The lowest BCUT2D eigenvalue weighted by atomic mass is 9.97. The van der Waals surface area contributed by atoms with Gasteiger partial charge in [0.25, 0.3) is 8.32 Å². The Bertz CT molecular complexity index is 2430. The Hall–Kier alpha value is -5.73. The first-order valence-electron chi connectivity index (χ1n) is 24.6. The molecule has 0 spiro atoms. The second-order valence-electron chi connectivity index (χ2n) is 19.9. The topological polar surface area (TPSA) is 103 Å². The van der Waals surface area contributed by atoms with Crippen molar-refractivity contribution in [3.05, 3.63) is 217 Å². The second kappa shape index (κ2) is 25.6. The van der Waals surface area contributed by atoms with Gasteiger partial charge in [-0.1, -0.05) is 209 Å². The Kier molecular flexibility index (Phi) is 19.1. The number of hydrogen-bond donors (Lipinski definition) is 1. The zero-order valence-electron chi connectivity index (χ0n) is 42.1. The van der Waals surface area contributed by atoms with Crippen LogP contribution in [0.15, 0.2) is 195 Å². The summed E-state index contributed by atoms with van der Waals surface area (Å²) < 4.78 is 55.0. The van der Waals surface area contributed by atoms with Crippen LogP contribution in [-0.4, -0.2) is 76.1 Å². The van der Waals surface area contributed by atoms with Crippen LogP contribution >= 0.6 is 0 Å². The van der Waals surface area contributed by atoms with Crippen LogP contribution in [-0.2, 0) is 64.0 Å². The zero-order chi connectivity index (χ0) is 50.1. The molecule has 11 heteroatoms. The smallest absolute Gasteiger partial charge is 0.408 e. The molecule has 1 amide bonds. The predicted octanol–water partition coefficient (Wildman–Crippen LogP) is 10.7. The summed E-state index contributed by atoms with van der Waals surface area (Å²) >= 11 is 0. The molecule has 0 aliphatic carbocycles. The minimum atomic E-state index is -3.21. The third kappa shape index (κ3) is 14.9. The normalized spacial score (nSPS) is 19.3. The Morgan fingerprint density at radius 2 is 0.986 bits per heavy atom. The molecule has 1 N–H and O–H groups in total. The van der Waals surface area contributed by atoms with Crippen molar-refractivity contribution >= 4 is 24.8 Å². The van der Waals surface area contributed by atoms with E-state index in [1.165, 1.54) is 0 Å². The van der Waals surface area contributed by atoms with Gasteiger partial charge in [-0.25, -0.2) is 4.79 Å². The lowest BCUT2D eigenvalue weighted by Crippen LogP contribution is -2.69. The van der Waals surface area contributed by atoms with Crippen LogP contribution in [0.5, 0.6) is 0 Å². The lowest BCUT2D eigenvalue weighted by Gasteiger charge is -2.47. The molecule has 0 unspecified atom stereocenters. The molecule has 1 fully saturated rings. The van der Waals surface area contributed by atoms with E-state index in [4.69, 9.17) is 37.6 Å². The Balaban J connectivity index is 1.28. The van der Waals surface area contributed by atoms with Crippen molar-refractivity contribution in [3.63, 3.8) is 0 Å². The van der Waals surface area contributed by atoms with E-state index in [9.17, 15) is 4.79 Å². The maximum atomic E-state index is 14.0. The van der Waals surface area contributed by atoms with Crippen molar-refractivity contribution in [3.8, 4) is 0 Å². The highest BCUT2D eigenvalue weighted by molar-refractivity contribution is 6.99. The second-order valence-corrected chi connectivity index (χ2v) is 24.1. The van der Waals surface area contributed by atoms with E-state index in [2.05, 4.69) is 56.9 Å². The molecule has 1 heterocycles. The van der Waals surface area contributed by atoms with Gasteiger partial charge in [0.1, 0.15) is 30.0 Å². The summed E-state index contributed by atoms with van der Waals surface area (Å²) in [6, 6.07) is 59.9. The first kappa shape index (κ1) is 53.1. The summed E-state index contributed by atoms with van der Waals surface area (Å²) in [5.74, 6) is 0. The molecule has 0 radical (unpaired) electrons. The van der Waals surface area contributed by atoms with Crippen LogP contribution in [0, 0.1) is 0 Å². The Morgan fingerprint density at radius 3 is 1.41 bits per heavy atom. The predicted molar refractivity (Wildman–Crippen MR) is 282 cm³/mol. The van der Waals surface area contributed by atoms with Crippen LogP contribution in [0.2, 0.25) is 5.04 Å². The van der Waals surface area contributed by atoms with E-state index in [1.807, 2.05) is 178 Å². The molecule has 1 aliphatic heterocycles. The average Bonchev–Trinajstić information content (AvgIpc) is 3.37. The minimum Gasteiger partial charge on any atom is -0.444 e. The minimum absolute atomic E-state index is 0.0947. The van der Waals surface area contributed by atoms with Gasteiger partial charge in [-0.05, 0) is 58.4 Å². The Morgan fingerprint density at radius 1 is 0.577 bits per heavy atom. The third-order valence-electron chi connectivity index (χ3n) is 12.3. The van der Waals surface area contributed by atoms with E-state index < -0.39 is 62.9 Å². The van der Waals surface area contributed by atoms with Gasteiger partial charge >= 0.3 is 6.09 Å². The number of amides is 1. The molecule has 0 saturated carbocycles. The van der Waals surface area contributed by atoms with Gasteiger partial charge in [-0.15, -0.1) is 6.58 Å². The van der Waals surface area contributed by atoms with Crippen LogP contribution in [0.1, 0.15) is 63.8 Å². The Labute approximate surface area is 422 Å². The molecule has 6 aromatic rings. The highest BCUT2D eigenvalue weighted by Crippen LogP contribution is 2.38. The maximum Gasteiger partial charge on any atom is 0.408 e. The molecular formula is C60H71NO9Si. The van der Waals surface area contributed by atoms with E-state index in [1.54, 1.807) is 6.08 Å². The van der Waals surface area contributed by atoms with E-state index in [-0.39, 0.29) is 38.1 Å². The number of alkyl carbamates (subject to hydrolysis) is 1. The largest absolute Gasteiger partial charge is 0.444 e. The molecule has 6 aromatic carbocycles. The van der Waals surface area contributed by atoms with Crippen molar-refractivity contribution in [1.29, 1.82) is 0 Å². The molecule has 0 bridgehead atoms. The molecule has 1 saturated heterocycles. The summed E-state index contributed by atoms with van der Waals surface area (Å²) in [5.41, 5.74) is 3.16. The van der Waals surface area contributed by atoms with Crippen molar-refractivity contribution in [1.82, 2.24) is 5.32 Å². The fourth-order valence-corrected chi connectivity index (χ4v) is 13.6. The molecule has 7 rings (SSSR count). The highest BCUT2D eigenvalue weighted by atomic mass is 28.4. The summed E-state index contributed by atoms with van der Waals surface area (Å²) in [6.07, 6.45) is -3.65. The van der Waals surface area contributed by atoms with Crippen LogP contribution in [0.25, 0.3) is 0 Å². The quantitative estimate of drug-likeness (QED) is 0.0497. The van der Waals surface area contributed by atoms with Crippen molar-refractivity contribution < 1.29 is 42.4 Å². The van der Waals surface area contributed by atoms with E-state index >= 15 is 0 Å². The van der Waals surface area contributed by atoms with Crippen molar-refractivity contribution in [2.24, 2.45) is 0 Å². The maximum absolute atomic E-state index is 14.0. The molecule has 1 aliphatic rings. The number of benzene rings is 6. The van der Waals surface area contributed by atoms with Crippen molar-refractivity contribution in [2.45, 2.75) is 121 Å². The molecular weight excluding hydrogens is 907 g/mol. The number of nitrogens with one attached hydrogen (secondary N) is 1. The summed E-state index contributed by atoms with van der Waals surface area (Å²) in [7, 11) is -3.21. The summed E-state index contributed by atoms with van der Waals surface area (Å²) in [5, 5.41) is 4.91. The van der Waals surface area contributed by atoms with Crippen LogP contribution in [0.4, 0.5) is 4.79 Å². The SMILES string of the molecule is C=C[C@@H](O[Si](c1ccccc1)(c1ccccc1)C(C)(C)C)[C@H](CO[C@@H]1O[C@H](COCc2ccccc2)[C@H](OCc2ccccc2)[C@H](OCc2ccccc2)[C@H]1OCc1ccccc1)NC(=O)OC(C)(C)C. The zero-order valence-corrected chi connectivity index (χ0v) is 43.1. The first-order chi connectivity index (χ1) is 34.3. The molecule has 71 heavy (non-hydrogen) atoms. The highest BCUT2D eigenvalue weighted by Gasteiger charge is 2.53. The van der Waals surface area contributed by atoms with Crippen molar-refractivity contribution in [2.75, 3.05) is 13.2 Å². The standard InChI is InChI=1S/C60H71NO9Si/c1-8-52(70-71(60(5,6)7,49-35-23-13-24-36-49)50-37-25-14-26-38-50)51(61-58(62)69-59(2,3)4)43-67-57-56(66-42-48-33-21-12-22-34-48)55(65-41-47-31-19-11-20-32-47)54(64-40-46-29-17-10-18-30-46)53(68-57)44-63-39-45-27-15-9-16-28-45/h8-38,51-57H,1,39-44H2,2-7H3,(H,61,62)/t51-,52+,53+,54-,55-,56+,57+/m0/s1. The number of rotatable bonds is 23.